The molecule has 0 aliphatic carbocycles. The molecular weight excluding hydrogens is 863 g/mol. The molecule has 2 aliphatic rings. The molecule has 6 aromatic rings. The highest BCUT2D eigenvalue weighted by molar-refractivity contribution is 7.91. The Bertz CT molecular complexity index is 2750. The summed E-state index contributed by atoms with van der Waals surface area (Å²) in [5.74, 6) is -1.24. The van der Waals surface area contributed by atoms with Gasteiger partial charge in [-0.2, -0.15) is 0 Å². The number of carbonyl (C=O) groups is 2. The summed E-state index contributed by atoms with van der Waals surface area (Å²) in [6, 6.07) is 21.7. The molecule has 0 N–H and O–H groups in total. The number of hydrogen-bond acceptors (Lipinski definition) is 12. The average molecular weight is 911 g/mol. The molecule has 2 fully saturated rings. The summed E-state index contributed by atoms with van der Waals surface area (Å²) in [6.45, 7) is 12.7. The minimum absolute atomic E-state index is 0.0523. The molecule has 8 rings (SSSR count). The number of thiazole rings is 2. The molecule has 0 radical (unpaired) electrons. The fourth-order valence-electron chi connectivity index (χ4n) is 7.04. The van der Waals surface area contributed by atoms with E-state index >= 15 is 0 Å². The van der Waals surface area contributed by atoms with Gasteiger partial charge in [0, 0.05) is 51.9 Å². The minimum Gasteiger partial charge on any atom is -0.345 e. The highest BCUT2D eigenvalue weighted by Crippen LogP contribution is 2.32. The molecule has 2 amide bonds. The van der Waals surface area contributed by atoms with Crippen molar-refractivity contribution in [1.82, 2.24) is 19.8 Å². The number of amides is 2. The first-order chi connectivity index (χ1) is 29.2. The highest BCUT2D eigenvalue weighted by Gasteiger charge is 2.32. The van der Waals surface area contributed by atoms with E-state index in [1.807, 2.05) is 20.8 Å². The summed E-state index contributed by atoms with van der Waals surface area (Å²) in [5.41, 5.74) is 1.94. The van der Waals surface area contributed by atoms with Gasteiger partial charge in [0.05, 0.1) is 52.9 Å². The van der Waals surface area contributed by atoms with Crippen molar-refractivity contribution in [2.45, 2.75) is 50.5 Å². The number of benzene rings is 4. The van der Waals surface area contributed by atoms with E-state index in [2.05, 4.69) is 19.8 Å². The Hall–Kier alpha value is -5.04. The van der Waals surface area contributed by atoms with Gasteiger partial charge in [0.15, 0.2) is 29.9 Å². The number of piperazine rings is 2. The third-order valence-electron chi connectivity index (χ3n) is 10.3. The van der Waals surface area contributed by atoms with Gasteiger partial charge < -0.3 is 19.6 Å². The Morgan fingerprint density at radius 1 is 0.639 bits per heavy atom. The van der Waals surface area contributed by atoms with E-state index < -0.39 is 19.7 Å². The van der Waals surface area contributed by atoms with Gasteiger partial charge in [-0.15, -0.1) is 0 Å². The fraction of sp³-hybridized carbons (Fsp3) is 0.349. The molecule has 0 spiro atoms. The van der Waals surface area contributed by atoms with Gasteiger partial charge in [-0.3, -0.25) is 9.59 Å². The Morgan fingerprint density at radius 3 is 1.56 bits per heavy atom. The SMILES string of the molecule is CC.CCS(=O)(=O)c1ccccc1C(=O)N1CCN(c2nc3ccc(F)cc3s2)CC1.CCS(=O)(=O)c1ccccc1C(=O)N1CCN(c2nc3ccc(F)cc3s2)CC1C. The first-order valence-corrected chi connectivity index (χ1v) is 25.0. The van der Waals surface area contributed by atoms with Crippen LogP contribution in [-0.4, -0.2) is 112 Å². The van der Waals surface area contributed by atoms with Gasteiger partial charge in [0.2, 0.25) is 0 Å². The van der Waals surface area contributed by atoms with E-state index in [-0.39, 0.29) is 61.9 Å². The Balaban J connectivity index is 0.000000196. The number of carbonyl (C=O) groups excluding carboxylic acids is 2. The van der Waals surface area contributed by atoms with Crippen LogP contribution in [0.15, 0.2) is 94.7 Å². The summed E-state index contributed by atoms with van der Waals surface area (Å²) in [7, 11) is -6.98. The molecule has 2 aromatic heterocycles. The van der Waals surface area contributed by atoms with Crippen molar-refractivity contribution in [3.8, 4) is 0 Å². The summed E-state index contributed by atoms with van der Waals surface area (Å²) in [6.07, 6.45) is 0. The number of nitrogens with zero attached hydrogens (tertiary/aromatic N) is 6. The topological polar surface area (TPSA) is 141 Å². The van der Waals surface area contributed by atoms with Crippen molar-refractivity contribution in [3.63, 3.8) is 0 Å². The predicted molar refractivity (Wildman–Crippen MR) is 240 cm³/mol. The second-order valence-corrected chi connectivity index (χ2v) is 20.6. The van der Waals surface area contributed by atoms with Crippen LogP contribution in [0.2, 0.25) is 0 Å². The van der Waals surface area contributed by atoms with Crippen LogP contribution in [0.3, 0.4) is 0 Å². The summed E-state index contributed by atoms with van der Waals surface area (Å²) < 4.78 is 78.0. The van der Waals surface area contributed by atoms with Crippen LogP contribution < -0.4 is 9.80 Å². The second kappa shape index (κ2) is 19.3. The van der Waals surface area contributed by atoms with Crippen LogP contribution in [0.4, 0.5) is 19.0 Å². The second-order valence-electron chi connectivity index (χ2n) is 14.1. The lowest BCUT2D eigenvalue weighted by molar-refractivity contribution is 0.0669. The molecule has 4 heterocycles. The lowest BCUT2D eigenvalue weighted by atomic mass is 10.1. The van der Waals surface area contributed by atoms with E-state index in [1.165, 1.54) is 59.1 Å². The molecule has 2 saturated heterocycles. The van der Waals surface area contributed by atoms with Gasteiger partial charge >= 0.3 is 0 Å². The number of hydrogen-bond donors (Lipinski definition) is 0. The fourth-order valence-corrected chi connectivity index (χ4v) is 11.3. The standard InChI is InChI=1S/C21H22FN3O3S2.C20H20FN3O3S2.C2H6/c1-3-30(27,28)19-7-5-4-6-16(19)20(26)25-11-10-24(13-14(25)2)21-23-17-9-8-15(22)12-18(17)29-21;1-2-29(26,27)18-6-4-3-5-15(18)19(25)23-9-11-24(12-10-23)20-22-16-8-7-14(21)13-17(16)28-20;1-2/h4-9,12,14H,3,10-11,13H2,1-2H3;3-8,13H,2,9-12H2,1H3;1-2H3. The van der Waals surface area contributed by atoms with Gasteiger partial charge in [-0.1, -0.05) is 74.6 Å². The number of fused-ring (bicyclic) bond motifs is 2. The van der Waals surface area contributed by atoms with Gasteiger partial charge in [-0.25, -0.2) is 35.6 Å². The largest absolute Gasteiger partial charge is 0.345 e. The Labute approximate surface area is 363 Å². The van der Waals surface area contributed by atoms with Crippen LogP contribution in [0.5, 0.6) is 0 Å². The highest BCUT2D eigenvalue weighted by atomic mass is 32.2. The quantitative estimate of drug-likeness (QED) is 0.149. The van der Waals surface area contributed by atoms with Crippen LogP contribution in [0.1, 0.15) is 55.3 Å². The number of anilines is 2. The lowest BCUT2D eigenvalue weighted by Gasteiger charge is -2.40. The smallest absolute Gasteiger partial charge is 0.255 e. The lowest BCUT2D eigenvalue weighted by Crippen LogP contribution is -2.54. The summed E-state index contributed by atoms with van der Waals surface area (Å²) >= 11 is 2.85. The Morgan fingerprint density at radius 2 is 1.08 bits per heavy atom. The van der Waals surface area contributed by atoms with E-state index in [1.54, 1.807) is 72.2 Å². The Kier molecular flexibility index (Phi) is 14.4. The normalized spacial score (nSPS) is 15.9. The van der Waals surface area contributed by atoms with E-state index in [4.69, 9.17) is 0 Å². The molecule has 12 nitrogen and oxygen atoms in total. The van der Waals surface area contributed by atoms with Gasteiger partial charge in [-0.05, 0) is 67.6 Å². The monoisotopic (exact) mass is 910 g/mol. The van der Waals surface area contributed by atoms with E-state index in [9.17, 15) is 35.2 Å². The first-order valence-electron chi connectivity index (χ1n) is 20.0. The van der Waals surface area contributed by atoms with Crippen molar-refractivity contribution in [1.29, 1.82) is 0 Å². The maximum atomic E-state index is 13.5. The van der Waals surface area contributed by atoms with Crippen LogP contribution >= 0.6 is 22.7 Å². The van der Waals surface area contributed by atoms with E-state index in [0.717, 1.165) is 30.7 Å². The molecule has 4 aromatic carbocycles. The zero-order chi connectivity index (χ0) is 44.1. The van der Waals surface area contributed by atoms with Crippen molar-refractivity contribution in [2.75, 3.05) is 67.1 Å². The molecular formula is C43H48F2N6O6S4. The summed E-state index contributed by atoms with van der Waals surface area (Å²) in [5, 5.41) is 1.59. The van der Waals surface area contributed by atoms with Crippen LogP contribution in [0, 0.1) is 11.6 Å². The predicted octanol–water partition coefficient (Wildman–Crippen LogP) is 7.80. The first kappa shape index (κ1) is 45.5. The maximum Gasteiger partial charge on any atom is 0.255 e. The average Bonchev–Trinajstić information content (AvgIpc) is 3.91. The van der Waals surface area contributed by atoms with Crippen molar-refractivity contribution in [2.24, 2.45) is 0 Å². The molecule has 61 heavy (non-hydrogen) atoms. The summed E-state index contributed by atoms with van der Waals surface area (Å²) in [4.78, 5) is 43.1. The zero-order valence-electron chi connectivity index (χ0n) is 34.5. The maximum absolute atomic E-state index is 13.5. The molecule has 324 valence electrons. The molecule has 1 atom stereocenters. The van der Waals surface area contributed by atoms with Gasteiger partial charge in [0.1, 0.15) is 11.6 Å². The van der Waals surface area contributed by atoms with Gasteiger partial charge in [0.25, 0.3) is 11.8 Å². The molecule has 2 aliphatic heterocycles. The third-order valence-corrected chi connectivity index (χ3v) is 16.1. The van der Waals surface area contributed by atoms with Crippen LogP contribution in [0.25, 0.3) is 20.4 Å². The van der Waals surface area contributed by atoms with Crippen molar-refractivity contribution < 1.29 is 35.2 Å². The number of aromatic nitrogens is 2. The van der Waals surface area contributed by atoms with E-state index in [0.29, 0.717) is 45.8 Å². The number of sulfone groups is 2. The minimum atomic E-state index is -3.50. The van der Waals surface area contributed by atoms with Crippen molar-refractivity contribution >= 4 is 84.9 Å². The molecule has 0 bridgehead atoms. The molecule has 0 saturated carbocycles. The van der Waals surface area contributed by atoms with Crippen LogP contribution in [-0.2, 0) is 19.7 Å². The molecule has 1 unspecified atom stereocenters. The van der Waals surface area contributed by atoms with Crippen molar-refractivity contribution in [3.05, 3.63) is 108 Å². The molecule has 18 heteroatoms. The number of rotatable bonds is 8. The zero-order valence-corrected chi connectivity index (χ0v) is 37.8. The number of halogens is 2. The third kappa shape index (κ3) is 10.0.